The van der Waals surface area contributed by atoms with Crippen LogP contribution in [-0.4, -0.2) is 42.4 Å². The summed E-state index contributed by atoms with van der Waals surface area (Å²) in [6, 6.07) is 7.33. The van der Waals surface area contributed by atoms with Crippen molar-refractivity contribution in [2.75, 3.05) is 19.6 Å². The van der Waals surface area contributed by atoms with Gasteiger partial charge in [0.05, 0.1) is 6.42 Å². The van der Waals surface area contributed by atoms with Crippen LogP contribution in [0, 0.1) is 0 Å². The zero-order valence-corrected chi connectivity index (χ0v) is 15.5. The molecule has 1 saturated heterocycles. The quantitative estimate of drug-likeness (QED) is 0.778. The van der Waals surface area contributed by atoms with Gasteiger partial charge in [-0.15, -0.1) is 6.58 Å². The molecule has 138 valence electrons. The van der Waals surface area contributed by atoms with Crippen LogP contribution in [0.4, 0.5) is 0 Å². The number of rotatable bonds is 6. The maximum absolute atomic E-state index is 12.6. The van der Waals surface area contributed by atoms with Crippen LogP contribution in [0.1, 0.15) is 49.0 Å². The summed E-state index contributed by atoms with van der Waals surface area (Å²) in [5, 5.41) is 3.34. The van der Waals surface area contributed by atoms with E-state index in [1.54, 1.807) is 18.2 Å². The van der Waals surface area contributed by atoms with Gasteiger partial charge in [-0.25, -0.2) is 0 Å². The normalized spacial score (nSPS) is 14.2. The molecule has 1 aromatic carbocycles. The molecule has 1 aliphatic rings. The molecule has 2 rings (SSSR count). The minimum atomic E-state index is -0.444. The van der Waals surface area contributed by atoms with Gasteiger partial charge >= 0.3 is 0 Å². The molecule has 0 aromatic heterocycles. The standard InChI is InChI=1S/C17H25N3O2.C3H6/c1-2-11-20(15-7-9-19-10-8-15)16(21)12-13-3-5-14(6-4-13)17(18)22;1-3-2/h3-6,15,19H,2,7-12H2,1H3,(H2,18,22);3H,1H2,2H3. The molecule has 3 N–H and O–H groups in total. The summed E-state index contributed by atoms with van der Waals surface area (Å²) in [5.74, 6) is -0.277. The third-order valence-corrected chi connectivity index (χ3v) is 4.13. The summed E-state index contributed by atoms with van der Waals surface area (Å²) in [6.45, 7) is 10.1. The highest BCUT2D eigenvalue weighted by Gasteiger charge is 2.24. The highest BCUT2D eigenvalue weighted by atomic mass is 16.2. The highest BCUT2D eigenvalue weighted by Crippen LogP contribution is 2.15. The molecule has 5 nitrogen and oxygen atoms in total. The van der Waals surface area contributed by atoms with Gasteiger partial charge in [-0.3, -0.25) is 9.59 Å². The van der Waals surface area contributed by atoms with Crippen molar-refractivity contribution in [3.63, 3.8) is 0 Å². The largest absolute Gasteiger partial charge is 0.366 e. The summed E-state index contributed by atoms with van der Waals surface area (Å²) >= 11 is 0. The van der Waals surface area contributed by atoms with Gasteiger partial charge in [0.25, 0.3) is 0 Å². The van der Waals surface area contributed by atoms with E-state index in [-0.39, 0.29) is 5.91 Å². The van der Waals surface area contributed by atoms with E-state index in [1.165, 1.54) is 0 Å². The van der Waals surface area contributed by atoms with Gasteiger partial charge in [0.15, 0.2) is 0 Å². The molecule has 0 spiro atoms. The van der Waals surface area contributed by atoms with Crippen LogP contribution >= 0.6 is 0 Å². The minimum Gasteiger partial charge on any atom is -0.366 e. The summed E-state index contributed by atoms with van der Waals surface area (Å²) in [4.78, 5) is 25.7. The van der Waals surface area contributed by atoms with E-state index in [1.807, 2.05) is 24.0 Å². The molecule has 0 radical (unpaired) electrons. The number of amides is 2. The molecule has 1 heterocycles. The number of hydrogen-bond donors (Lipinski definition) is 2. The van der Waals surface area contributed by atoms with Crippen molar-refractivity contribution in [2.24, 2.45) is 5.73 Å². The van der Waals surface area contributed by atoms with E-state index in [4.69, 9.17) is 5.73 Å². The first kappa shape index (κ1) is 20.9. The molecule has 2 amide bonds. The molecular formula is C20H31N3O2. The third-order valence-electron chi connectivity index (χ3n) is 4.13. The van der Waals surface area contributed by atoms with Crippen LogP contribution < -0.4 is 11.1 Å². The first-order valence-electron chi connectivity index (χ1n) is 8.99. The summed E-state index contributed by atoms with van der Waals surface area (Å²) in [7, 11) is 0. The number of carbonyl (C=O) groups is 2. The summed E-state index contributed by atoms with van der Waals surface area (Å²) < 4.78 is 0. The number of nitrogens with two attached hydrogens (primary N) is 1. The molecule has 1 fully saturated rings. The van der Waals surface area contributed by atoms with E-state index in [0.29, 0.717) is 18.0 Å². The van der Waals surface area contributed by atoms with Gasteiger partial charge in [0.2, 0.25) is 11.8 Å². The molecular weight excluding hydrogens is 314 g/mol. The lowest BCUT2D eigenvalue weighted by molar-refractivity contribution is -0.133. The Morgan fingerprint density at radius 3 is 2.32 bits per heavy atom. The summed E-state index contributed by atoms with van der Waals surface area (Å²) in [6.07, 6.45) is 5.14. The van der Waals surface area contributed by atoms with Crippen LogP contribution in [0.5, 0.6) is 0 Å². The van der Waals surface area contributed by atoms with E-state index >= 15 is 0 Å². The smallest absolute Gasteiger partial charge is 0.248 e. The van der Waals surface area contributed by atoms with Gasteiger partial charge < -0.3 is 16.0 Å². The zero-order valence-electron chi connectivity index (χ0n) is 15.5. The van der Waals surface area contributed by atoms with Crippen LogP contribution in [0.15, 0.2) is 36.9 Å². The van der Waals surface area contributed by atoms with Gasteiger partial charge in [-0.2, -0.15) is 0 Å². The number of primary amides is 1. The Morgan fingerprint density at radius 2 is 1.84 bits per heavy atom. The van der Waals surface area contributed by atoms with Crippen molar-refractivity contribution in [3.05, 3.63) is 48.0 Å². The Labute approximate surface area is 151 Å². The SMILES string of the molecule is C=CC.CCCN(C(=O)Cc1ccc(C(N)=O)cc1)C1CCNCC1. The second-order valence-corrected chi connectivity index (χ2v) is 6.21. The minimum absolute atomic E-state index is 0.167. The van der Waals surface area contributed by atoms with E-state index in [2.05, 4.69) is 18.8 Å². The lowest BCUT2D eigenvalue weighted by Crippen LogP contribution is -2.47. The molecule has 25 heavy (non-hydrogen) atoms. The molecule has 0 unspecified atom stereocenters. The van der Waals surface area contributed by atoms with Crippen molar-refractivity contribution >= 4 is 11.8 Å². The van der Waals surface area contributed by atoms with Crippen molar-refractivity contribution in [1.82, 2.24) is 10.2 Å². The maximum atomic E-state index is 12.6. The highest BCUT2D eigenvalue weighted by molar-refractivity contribution is 5.92. The predicted octanol–water partition coefficient (Wildman–Crippen LogP) is 2.51. The van der Waals surface area contributed by atoms with Crippen molar-refractivity contribution in [2.45, 2.75) is 45.6 Å². The first-order chi connectivity index (χ1) is 12.0. The van der Waals surface area contributed by atoms with E-state index in [9.17, 15) is 9.59 Å². The fraction of sp³-hybridized carbons (Fsp3) is 0.500. The first-order valence-corrected chi connectivity index (χ1v) is 8.99. The number of allylic oxidation sites excluding steroid dienone is 1. The Balaban J connectivity index is 0.000000970. The van der Waals surface area contributed by atoms with Crippen LogP contribution in [0.25, 0.3) is 0 Å². The number of hydrogen-bond acceptors (Lipinski definition) is 3. The monoisotopic (exact) mass is 345 g/mol. The molecule has 1 aromatic rings. The Bertz CT molecular complexity index is 549. The average molecular weight is 345 g/mol. The van der Waals surface area contributed by atoms with Crippen LogP contribution in [0.3, 0.4) is 0 Å². The zero-order chi connectivity index (χ0) is 18.7. The number of piperidine rings is 1. The van der Waals surface area contributed by atoms with Crippen LogP contribution in [-0.2, 0) is 11.2 Å². The van der Waals surface area contributed by atoms with Gasteiger partial charge in [-0.05, 0) is 57.0 Å². The Hall–Kier alpha value is -2.14. The lowest BCUT2D eigenvalue weighted by atomic mass is 10.0. The fourth-order valence-corrected chi connectivity index (χ4v) is 2.93. The Kier molecular flexibility index (Phi) is 9.55. The Morgan fingerprint density at radius 1 is 1.28 bits per heavy atom. The van der Waals surface area contributed by atoms with Crippen LogP contribution in [0.2, 0.25) is 0 Å². The topological polar surface area (TPSA) is 75.4 Å². The number of carbonyl (C=O) groups excluding carboxylic acids is 2. The van der Waals surface area contributed by atoms with E-state index < -0.39 is 5.91 Å². The maximum Gasteiger partial charge on any atom is 0.248 e. The second kappa shape index (κ2) is 11.4. The number of nitrogens with zero attached hydrogens (tertiary/aromatic N) is 1. The molecule has 1 aliphatic heterocycles. The molecule has 0 bridgehead atoms. The van der Waals surface area contributed by atoms with Gasteiger partial charge in [0.1, 0.15) is 0 Å². The molecule has 0 atom stereocenters. The molecule has 0 aliphatic carbocycles. The van der Waals surface area contributed by atoms with Gasteiger partial charge in [0, 0.05) is 18.2 Å². The predicted molar refractivity (Wildman–Crippen MR) is 102 cm³/mol. The van der Waals surface area contributed by atoms with Crippen molar-refractivity contribution < 1.29 is 9.59 Å². The average Bonchev–Trinajstić information content (AvgIpc) is 2.61. The fourth-order valence-electron chi connectivity index (χ4n) is 2.93. The molecule has 0 saturated carbocycles. The third kappa shape index (κ3) is 7.10. The molecule has 5 heteroatoms. The van der Waals surface area contributed by atoms with E-state index in [0.717, 1.165) is 44.5 Å². The van der Waals surface area contributed by atoms with Gasteiger partial charge in [-0.1, -0.05) is 25.1 Å². The lowest BCUT2D eigenvalue weighted by Gasteiger charge is -2.34. The number of nitrogens with one attached hydrogen (secondary N) is 1. The number of benzene rings is 1. The summed E-state index contributed by atoms with van der Waals surface area (Å²) in [5.41, 5.74) is 6.62. The van der Waals surface area contributed by atoms with Crippen molar-refractivity contribution in [3.8, 4) is 0 Å². The second-order valence-electron chi connectivity index (χ2n) is 6.21. The van der Waals surface area contributed by atoms with Crippen molar-refractivity contribution in [1.29, 1.82) is 0 Å².